The molecular weight excluding hydrogens is 366 g/mol. The molecule has 0 aliphatic heterocycles. The third-order valence-corrected chi connectivity index (χ3v) is 5.63. The van der Waals surface area contributed by atoms with Crippen LogP contribution in [0.3, 0.4) is 0 Å². The highest BCUT2D eigenvalue weighted by Gasteiger charge is 2.28. The van der Waals surface area contributed by atoms with E-state index in [4.69, 9.17) is 9.84 Å². The topological polar surface area (TPSA) is 75.6 Å². The van der Waals surface area contributed by atoms with Crippen LogP contribution in [0, 0.1) is 5.92 Å². The minimum absolute atomic E-state index is 0.0524. The van der Waals surface area contributed by atoms with Gasteiger partial charge >= 0.3 is 12.1 Å². The van der Waals surface area contributed by atoms with E-state index in [-0.39, 0.29) is 12.3 Å². The Balaban J connectivity index is 1.50. The van der Waals surface area contributed by atoms with Gasteiger partial charge in [-0.2, -0.15) is 0 Å². The first kappa shape index (κ1) is 20.9. The zero-order valence-corrected chi connectivity index (χ0v) is 16.9. The van der Waals surface area contributed by atoms with E-state index < -0.39 is 12.1 Å². The zero-order chi connectivity index (χ0) is 20.6. The minimum atomic E-state index is -0.768. The van der Waals surface area contributed by atoms with Crippen molar-refractivity contribution in [2.75, 3.05) is 13.2 Å². The summed E-state index contributed by atoms with van der Waals surface area (Å²) in [4.78, 5) is 23.0. The second-order valence-corrected chi connectivity index (χ2v) is 7.63. The van der Waals surface area contributed by atoms with Crippen LogP contribution in [0.25, 0.3) is 11.1 Å². The van der Waals surface area contributed by atoms with E-state index in [1.807, 2.05) is 24.3 Å². The third-order valence-electron chi connectivity index (χ3n) is 5.63. The molecule has 1 aliphatic carbocycles. The first-order chi connectivity index (χ1) is 14.1. The molecule has 1 unspecified atom stereocenters. The van der Waals surface area contributed by atoms with Gasteiger partial charge < -0.3 is 15.2 Å². The van der Waals surface area contributed by atoms with Crippen molar-refractivity contribution >= 4 is 12.1 Å². The average molecular weight is 395 g/mol. The number of rotatable bonds is 10. The van der Waals surface area contributed by atoms with Crippen LogP contribution in [0.2, 0.25) is 0 Å². The van der Waals surface area contributed by atoms with E-state index in [0.29, 0.717) is 25.5 Å². The van der Waals surface area contributed by atoms with Crippen LogP contribution in [0.1, 0.15) is 56.1 Å². The van der Waals surface area contributed by atoms with Crippen molar-refractivity contribution in [2.45, 2.75) is 44.9 Å². The summed E-state index contributed by atoms with van der Waals surface area (Å²) in [6.07, 6.45) is 3.16. The number of carboxylic acid groups (broad SMARTS) is 1. The van der Waals surface area contributed by atoms with Gasteiger partial charge in [0, 0.05) is 18.9 Å². The molecular formula is C24H29NO4. The Hall–Kier alpha value is -2.82. The predicted octanol–water partition coefficient (Wildman–Crippen LogP) is 5.20. The molecule has 3 rings (SSSR count). The van der Waals surface area contributed by atoms with E-state index in [2.05, 4.69) is 36.5 Å². The molecule has 5 heteroatoms. The number of carbonyl (C=O) groups is 2. The number of hydrogen-bond acceptors (Lipinski definition) is 3. The van der Waals surface area contributed by atoms with Gasteiger partial charge in [0.2, 0.25) is 0 Å². The van der Waals surface area contributed by atoms with Crippen molar-refractivity contribution in [1.82, 2.24) is 5.32 Å². The molecule has 29 heavy (non-hydrogen) atoms. The number of hydrogen-bond donors (Lipinski definition) is 2. The lowest BCUT2D eigenvalue weighted by molar-refractivity contribution is -0.137. The molecule has 0 spiro atoms. The lowest BCUT2D eigenvalue weighted by Crippen LogP contribution is -2.28. The molecule has 0 radical (unpaired) electrons. The van der Waals surface area contributed by atoms with Gasteiger partial charge in [-0.1, -0.05) is 68.3 Å². The molecule has 1 aliphatic rings. The maximum absolute atomic E-state index is 12.2. The highest BCUT2D eigenvalue weighted by molar-refractivity contribution is 5.79. The van der Waals surface area contributed by atoms with Crippen LogP contribution in [0.4, 0.5) is 4.79 Å². The monoisotopic (exact) mass is 395 g/mol. The van der Waals surface area contributed by atoms with E-state index >= 15 is 0 Å². The number of benzene rings is 2. The molecule has 5 nitrogen and oxygen atoms in total. The molecule has 154 valence electrons. The van der Waals surface area contributed by atoms with Gasteiger partial charge in [0.15, 0.2) is 0 Å². The molecule has 0 fully saturated rings. The standard InChI is InChI=1S/C24H29NO4/c1-2-7-17(12-13-23(26)27)14-15-25-24(28)29-16-22-20-10-5-3-8-18(20)19-9-4-6-11-21(19)22/h3-6,8-11,17,22H,2,7,12-16H2,1H3,(H,25,28)(H,26,27). The summed E-state index contributed by atoms with van der Waals surface area (Å²) in [6, 6.07) is 16.5. The number of carboxylic acids is 1. The second kappa shape index (κ2) is 10.1. The fourth-order valence-corrected chi connectivity index (χ4v) is 4.20. The molecule has 0 saturated heterocycles. The Labute approximate surface area is 172 Å². The lowest BCUT2D eigenvalue weighted by atomic mass is 9.94. The van der Waals surface area contributed by atoms with Crippen molar-refractivity contribution in [2.24, 2.45) is 5.92 Å². The largest absolute Gasteiger partial charge is 0.481 e. The van der Waals surface area contributed by atoms with Crippen molar-refractivity contribution in [1.29, 1.82) is 0 Å². The van der Waals surface area contributed by atoms with Gasteiger partial charge in [0.1, 0.15) is 6.61 Å². The number of ether oxygens (including phenoxy) is 1. The van der Waals surface area contributed by atoms with Crippen LogP contribution in [-0.2, 0) is 9.53 Å². The number of aliphatic carboxylic acids is 1. The average Bonchev–Trinajstić information content (AvgIpc) is 3.04. The van der Waals surface area contributed by atoms with Gasteiger partial charge in [-0.3, -0.25) is 4.79 Å². The summed E-state index contributed by atoms with van der Waals surface area (Å²) in [6.45, 7) is 2.89. The van der Waals surface area contributed by atoms with Gasteiger partial charge in [0.25, 0.3) is 0 Å². The van der Waals surface area contributed by atoms with Crippen LogP contribution in [-0.4, -0.2) is 30.3 Å². The van der Waals surface area contributed by atoms with Crippen LogP contribution >= 0.6 is 0 Å². The van der Waals surface area contributed by atoms with Crippen molar-refractivity contribution in [3.8, 4) is 11.1 Å². The normalized spacial score (nSPS) is 13.4. The Morgan fingerprint density at radius 3 is 2.21 bits per heavy atom. The quantitative estimate of drug-likeness (QED) is 0.580. The number of carbonyl (C=O) groups excluding carboxylic acids is 1. The highest BCUT2D eigenvalue weighted by atomic mass is 16.5. The van der Waals surface area contributed by atoms with E-state index in [0.717, 1.165) is 19.3 Å². The second-order valence-electron chi connectivity index (χ2n) is 7.63. The van der Waals surface area contributed by atoms with Gasteiger partial charge in [-0.05, 0) is 41.0 Å². The van der Waals surface area contributed by atoms with Crippen molar-refractivity contribution in [3.63, 3.8) is 0 Å². The van der Waals surface area contributed by atoms with Gasteiger partial charge in [-0.25, -0.2) is 4.79 Å². The van der Waals surface area contributed by atoms with Gasteiger partial charge in [-0.15, -0.1) is 0 Å². The zero-order valence-electron chi connectivity index (χ0n) is 16.9. The number of fused-ring (bicyclic) bond motifs is 3. The molecule has 0 saturated carbocycles. The first-order valence-corrected chi connectivity index (χ1v) is 10.4. The SMILES string of the molecule is CCCC(CCNC(=O)OCC1c2ccccc2-c2ccccc21)CCC(=O)O. The summed E-state index contributed by atoms with van der Waals surface area (Å²) in [5.41, 5.74) is 4.80. The number of amides is 1. The molecule has 2 aromatic carbocycles. The van der Waals surface area contributed by atoms with Crippen molar-refractivity contribution < 1.29 is 19.4 Å². The Bertz CT molecular complexity index is 803. The minimum Gasteiger partial charge on any atom is -0.481 e. The van der Waals surface area contributed by atoms with Crippen LogP contribution in [0.15, 0.2) is 48.5 Å². The van der Waals surface area contributed by atoms with Gasteiger partial charge in [0.05, 0.1) is 0 Å². The van der Waals surface area contributed by atoms with E-state index in [9.17, 15) is 9.59 Å². The lowest BCUT2D eigenvalue weighted by Gasteiger charge is -2.17. The fraction of sp³-hybridized carbons (Fsp3) is 0.417. The summed E-state index contributed by atoms with van der Waals surface area (Å²) in [5.74, 6) is -0.405. The molecule has 0 heterocycles. The summed E-state index contributed by atoms with van der Waals surface area (Å²) in [5, 5.41) is 11.7. The summed E-state index contributed by atoms with van der Waals surface area (Å²) < 4.78 is 5.54. The maximum Gasteiger partial charge on any atom is 0.407 e. The highest BCUT2D eigenvalue weighted by Crippen LogP contribution is 2.44. The number of alkyl carbamates (subject to hydrolysis) is 1. The maximum atomic E-state index is 12.2. The predicted molar refractivity (Wildman–Crippen MR) is 113 cm³/mol. The van der Waals surface area contributed by atoms with Crippen molar-refractivity contribution in [3.05, 3.63) is 59.7 Å². The molecule has 2 N–H and O–H groups in total. The molecule has 0 bridgehead atoms. The third kappa shape index (κ3) is 5.37. The molecule has 1 amide bonds. The fourth-order valence-electron chi connectivity index (χ4n) is 4.20. The Morgan fingerprint density at radius 1 is 1.00 bits per heavy atom. The Morgan fingerprint density at radius 2 is 1.62 bits per heavy atom. The first-order valence-electron chi connectivity index (χ1n) is 10.4. The van der Waals surface area contributed by atoms with Crippen LogP contribution < -0.4 is 5.32 Å². The molecule has 0 aromatic heterocycles. The smallest absolute Gasteiger partial charge is 0.407 e. The summed E-state index contributed by atoms with van der Waals surface area (Å²) >= 11 is 0. The van der Waals surface area contributed by atoms with E-state index in [1.54, 1.807) is 0 Å². The number of nitrogens with one attached hydrogen (secondary N) is 1. The molecule has 1 atom stereocenters. The Kier molecular flexibility index (Phi) is 7.28. The molecule has 2 aromatic rings. The summed E-state index contributed by atoms with van der Waals surface area (Å²) in [7, 11) is 0. The van der Waals surface area contributed by atoms with Crippen LogP contribution in [0.5, 0.6) is 0 Å². The van der Waals surface area contributed by atoms with E-state index in [1.165, 1.54) is 22.3 Å².